The summed E-state index contributed by atoms with van der Waals surface area (Å²) in [6, 6.07) is 13.8. The van der Waals surface area contributed by atoms with Crippen LogP contribution in [0.2, 0.25) is 0 Å². The molecule has 0 bridgehead atoms. The minimum Gasteiger partial charge on any atom is -0.478 e. The van der Waals surface area contributed by atoms with Gasteiger partial charge in [-0.2, -0.15) is 4.31 Å². The molecule has 5 nitrogen and oxygen atoms in total. The second-order valence-electron chi connectivity index (χ2n) is 7.33. The number of aryl methyl sites for hydroxylation is 1. The minimum atomic E-state index is -4.09. The van der Waals surface area contributed by atoms with Crippen LogP contribution >= 0.6 is 11.3 Å². The van der Waals surface area contributed by atoms with E-state index in [1.165, 1.54) is 52.0 Å². The van der Waals surface area contributed by atoms with Crippen molar-refractivity contribution in [2.24, 2.45) is 0 Å². The minimum absolute atomic E-state index is 0.0462. The highest BCUT2D eigenvalue weighted by Crippen LogP contribution is 2.46. The van der Waals surface area contributed by atoms with Crippen molar-refractivity contribution in [3.63, 3.8) is 0 Å². The predicted octanol–water partition coefficient (Wildman–Crippen LogP) is 5.08. The maximum absolute atomic E-state index is 13.9. The second kappa shape index (κ2) is 8.37. The van der Waals surface area contributed by atoms with E-state index in [0.29, 0.717) is 5.56 Å². The smallest absolute Gasteiger partial charge is 0.333 e. The van der Waals surface area contributed by atoms with Crippen molar-refractivity contribution in [2.75, 3.05) is 0 Å². The standard InChI is InChI=1S/C23H20FNO4S2/c1-15-4-10-18(11-5-15)31(28,29)25-20(21-3-2-14-30-21)13-12-19(23(26)27)22(25)16-6-8-17(24)9-7-16/h2-12,14,20,22H,13H2,1H3,(H,26,27)/t20-,22-/m0/s1. The van der Waals surface area contributed by atoms with Crippen LogP contribution in [0.3, 0.4) is 0 Å². The highest BCUT2D eigenvalue weighted by Gasteiger charge is 2.44. The predicted molar refractivity (Wildman–Crippen MR) is 117 cm³/mol. The van der Waals surface area contributed by atoms with Crippen LogP contribution in [0.4, 0.5) is 4.39 Å². The van der Waals surface area contributed by atoms with E-state index in [1.807, 2.05) is 24.4 Å². The molecule has 0 saturated carbocycles. The molecule has 2 aromatic carbocycles. The number of carbonyl (C=O) groups is 1. The van der Waals surface area contributed by atoms with Crippen LogP contribution in [0.25, 0.3) is 0 Å². The van der Waals surface area contributed by atoms with Crippen molar-refractivity contribution < 1.29 is 22.7 Å². The van der Waals surface area contributed by atoms with Gasteiger partial charge in [0.15, 0.2) is 0 Å². The Morgan fingerprint density at radius 2 is 1.77 bits per heavy atom. The molecule has 2 atom stereocenters. The SMILES string of the molecule is Cc1ccc(S(=O)(=O)N2[C@@H](c3ccc(F)cc3)C(C(=O)O)=CC[C@H]2c2cccs2)cc1. The third-order valence-electron chi connectivity index (χ3n) is 5.32. The van der Waals surface area contributed by atoms with Gasteiger partial charge in [0.2, 0.25) is 10.0 Å². The van der Waals surface area contributed by atoms with E-state index in [2.05, 4.69) is 0 Å². The molecule has 0 fully saturated rings. The second-order valence-corrected chi connectivity index (χ2v) is 10.2. The normalized spacial score (nSPS) is 19.7. The first kappa shape index (κ1) is 21.4. The number of sulfonamides is 1. The summed E-state index contributed by atoms with van der Waals surface area (Å²) in [5, 5.41) is 11.7. The number of hydrogen-bond donors (Lipinski definition) is 1. The number of carboxylic acids is 1. The number of thiophene rings is 1. The lowest BCUT2D eigenvalue weighted by atomic mass is 9.91. The van der Waals surface area contributed by atoms with Crippen LogP contribution in [-0.4, -0.2) is 23.8 Å². The van der Waals surface area contributed by atoms with Crippen molar-refractivity contribution in [3.8, 4) is 0 Å². The van der Waals surface area contributed by atoms with Crippen molar-refractivity contribution in [1.29, 1.82) is 0 Å². The van der Waals surface area contributed by atoms with Gasteiger partial charge in [-0.25, -0.2) is 17.6 Å². The molecular weight excluding hydrogens is 437 g/mol. The number of benzene rings is 2. The Bertz CT molecular complexity index is 1220. The summed E-state index contributed by atoms with van der Waals surface area (Å²) in [4.78, 5) is 13.0. The summed E-state index contributed by atoms with van der Waals surface area (Å²) in [6.07, 6.45) is 1.80. The molecule has 160 valence electrons. The first-order valence-corrected chi connectivity index (χ1v) is 11.9. The van der Waals surface area contributed by atoms with Crippen LogP contribution in [0.5, 0.6) is 0 Å². The Morgan fingerprint density at radius 3 is 2.35 bits per heavy atom. The third kappa shape index (κ3) is 4.06. The number of carboxylic acid groups (broad SMARTS) is 1. The zero-order valence-electron chi connectivity index (χ0n) is 16.6. The largest absolute Gasteiger partial charge is 0.478 e. The van der Waals surface area contributed by atoms with Gasteiger partial charge < -0.3 is 5.11 Å². The van der Waals surface area contributed by atoms with E-state index >= 15 is 0 Å². The number of nitrogens with zero attached hydrogens (tertiary/aromatic N) is 1. The summed E-state index contributed by atoms with van der Waals surface area (Å²) < 4.78 is 42.6. The molecular formula is C23H20FNO4S2. The lowest BCUT2D eigenvalue weighted by Gasteiger charge is -2.40. The fourth-order valence-corrected chi connectivity index (χ4v) is 6.48. The molecule has 1 aromatic heterocycles. The van der Waals surface area contributed by atoms with E-state index in [1.54, 1.807) is 18.2 Å². The van der Waals surface area contributed by atoms with Crippen LogP contribution in [0, 0.1) is 12.7 Å². The summed E-state index contributed by atoms with van der Waals surface area (Å²) in [5.41, 5.74) is 1.26. The van der Waals surface area contributed by atoms with E-state index in [9.17, 15) is 22.7 Å². The molecule has 0 amide bonds. The summed E-state index contributed by atoms with van der Waals surface area (Å²) in [7, 11) is -4.09. The summed E-state index contributed by atoms with van der Waals surface area (Å²) in [6.45, 7) is 1.86. The average Bonchev–Trinajstić information content (AvgIpc) is 3.28. The van der Waals surface area contributed by atoms with Gasteiger partial charge in [0.25, 0.3) is 0 Å². The van der Waals surface area contributed by atoms with Gasteiger partial charge in [0, 0.05) is 4.88 Å². The average molecular weight is 458 g/mol. The fraction of sp³-hybridized carbons (Fsp3) is 0.174. The van der Waals surface area contributed by atoms with Gasteiger partial charge in [0.1, 0.15) is 5.82 Å². The van der Waals surface area contributed by atoms with E-state index in [0.717, 1.165) is 10.4 Å². The van der Waals surface area contributed by atoms with Crippen LogP contribution in [-0.2, 0) is 14.8 Å². The molecule has 2 heterocycles. The lowest BCUT2D eigenvalue weighted by Crippen LogP contribution is -2.42. The molecule has 1 N–H and O–H groups in total. The highest BCUT2D eigenvalue weighted by atomic mass is 32.2. The molecule has 0 spiro atoms. The molecule has 31 heavy (non-hydrogen) atoms. The Hall–Kier alpha value is -2.81. The molecule has 1 aliphatic heterocycles. The van der Waals surface area contributed by atoms with Gasteiger partial charge in [-0.3, -0.25) is 0 Å². The highest BCUT2D eigenvalue weighted by molar-refractivity contribution is 7.89. The Kier molecular flexibility index (Phi) is 5.79. The van der Waals surface area contributed by atoms with E-state index < -0.39 is 33.9 Å². The molecule has 3 aromatic rings. The lowest BCUT2D eigenvalue weighted by molar-refractivity contribution is -0.133. The number of halogens is 1. The van der Waals surface area contributed by atoms with Gasteiger partial charge >= 0.3 is 5.97 Å². The Morgan fingerprint density at radius 1 is 1.10 bits per heavy atom. The molecule has 0 radical (unpaired) electrons. The van der Waals surface area contributed by atoms with Crippen LogP contribution < -0.4 is 0 Å². The summed E-state index contributed by atoms with van der Waals surface area (Å²) in [5.74, 6) is -1.69. The van der Waals surface area contributed by atoms with Gasteiger partial charge in [-0.15, -0.1) is 11.3 Å². The van der Waals surface area contributed by atoms with Gasteiger partial charge in [-0.05, 0) is 54.6 Å². The molecule has 0 unspecified atom stereocenters. The monoisotopic (exact) mass is 457 g/mol. The number of aliphatic carboxylic acids is 1. The maximum Gasteiger partial charge on any atom is 0.333 e. The van der Waals surface area contributed by atoms with E-state index in [4.69, 9.17) is 0 Å². The molecule has 4 rings (SSSR count). The molecule has 8 heteroatoms. The van der Waals surface area contributed by atoms with Crippen LogP contribution in [0.15, 0.2) is 82.6 Å². The van der Waals surface area contributed by atoms with Crippen molar-refractivity contribution in [1.82, 2.24) is 4.31 Å². The first-order chi connectivity index (χ1) is 14.8. The van der Waals surface area contributed by atoms with Crippen molar-refractivity contribution in [2.45, 2.75) is 30.3 Å². The Balaban J connectivity index is 1.95. The van der Waals surface area contributed by atoms with E-state index in [-0.39, 0.29) is 16.9 Å². The number of hydrogen-bond acceptors (Lipinski definition) is 4. The van der Waals surface area contributed by atoms with Crippen molar-refractivity contribution in [3.05, 3.63) is 99.5 Å². The molecule has 0 saturated heterocycles. The first-order valence-electron chi connectivity index (χ1n) is 9.61. The Labute approximate surface area is 184 Å². The quantitative estimate of drug-likeness (QED) is 0.580. The topological polar surface area (TPSA) is 74.7 Å². The third-order valence-corrected chi connectivity index (χ3v) is 8.18. The zero-order valence-corrected chi connectivity index (χ0v) is 18.2. The van der Waals surface area contributed by atoms with Crippen molar-refractivity contribution >= 4 is 27.3 Å². The van der Waals surface area contributed by atoms with Crippen LogP contribution in [0.1, 0.15) is 34.5 Å². The molecule has 1 aliphatic rings. The maximum atomic E-state index is 13.9. The van der Waals surface area contributed by atoms with Gasteiger partial charge in [0.05, 0.1) is 22.6 Å². The fourth-order valence-electron chi connectivity index (χ4n) is 3.81. The number of rotatable bonds is 5. The van der Waals surface area contributed by atoms with Gasteiger partial charge in [-0.1, -0.05) is 42.0 Å². The molecule has 0 aliphatic carbocycles. The summed E-state index contributed by atoms with van der Waals surface area (Å²) >= 11 is 1.41. The zero-order chi connectivity index (χ0) is 22.2.